The van der Waals surface area contributed by atoms with E-state index in [0.29, 0.717) is 0 Å². The predicted molar refractivity (Wildman–Crippen MR) is 70.9 cm³/mol. The standard InChI is InChI=1S/C13H18N2O6/c1-13(2,3)21-11(18)5-4-10(17)20-7-8-12(19)14-6-9(16)15-8/h4-5,8H,6-7H2,1-3H3,(H,14,19)(H,15,16)/b5-4+/t8-/m0/s1. The molecule has 0 saturated carbocycles. The van der Waals surface area contributed by atoms with Gasteiger partial charge < -0.3 is 20.1 Å². The number of rotatable bonds is 4. The SMILES string of the molecule is CC(C)(C)OC(=O)/C=C/C(=O)OC[C@@H]1NC(=O)CNC1=O. The minimum atomic E-state index is -0.926. The molecule has 1 fully saturated rings. The smallest absolute Gasteiger partial charge is 0.331 e. The average Bonchev–Trinajstić information content (AvgIpc) is 2.35. The van der Waals surface area contributed by atoms with Crippen LogP contribution in [0.5, 0.6) is 0 Å². The fraction of sp³-hybridized carbons (Fsp3) is 0.538. The van der Waals surface area contributed by atoms with Gasteiger partial charge in [0.25, 0.3) is 0 Å². The normalized spacial score (nSPS) is 18.9. The molecule has 0 radical (unpaired) electrons. The third-order valence-electron chi connectivity index (χ3n) is 2.23. The van der Waals surface area contributed by atoms with Crippen LogP contribution in [-0.4, -0.2) is 48.5 Å². The molecular weight excluding hydrogens is 280 g/mol. The van der Waals surface area contributed by atoms with Crippen LogP contribution in [0.15, 0.2) is 12.2 Å². The van der Waals surface area contributed by atoms with Gasteiger partial charge in [-0.05, 0) is 20.8 Å². The van der Waals surface area contributed by atoms with E-state index in [0.717, 1.165) is 12.2 Å². The second-order valence-corrected chi connectivity index (χ2v) is 5.33. The van der Waals surface area contributed by atoms with Crippen LogP contribution < -0.4 is 10.6 Å². The summed E-state index contributed by atoms with van der Waals surface area (Å²) in [5.74, 6) is -2.28. The first-order chi connectivity index (χ1) is 9.67. The van der Waals surface area contributed by atoms with Crippen molar-refractivity contribution in [3.8, 4) is 0 Å². The van der Waals surface area contributed by atoms with E-state index in [1.54, 1.807) is 20.8 Å². The lowest BCUT2D eigenvalue weighted by molar-refractivity contribution is -0.149. The highest BCUT2D eigenvalue weighted by molar-refractivity contribution is 5.95. The van der Waals surface area contributed by atoms with Crippen molar-refractivity contribution in [1.29, 1.82) is 0 Å². The molecule has 1 heterocycles. The molecule has 1 rings (SSSR count). The minimum Gasteiger partial charge on any atom is -0.460 e. The molecule has 8 nitrogen and oxygen atoms in total. The Balaban J connectivity index is 2.38. The van der Waals surface area contributed by atoms with Gasteiger partial charge in [-0.15, -0.1) is 0 Å². The van der Waals surface area contributed by atoms with Gasteiger partial charge >= 0.3 is 11.9 Å². The topological polar surface area (TPSA) is 111 Å². The average molecular weight is 298 g/mol. The summed E-state index contributed by atoms with van der Waals surface area (Å²) in [4.78, 5) is 45.1. The highest BCUT2D eigenvalue weighted by atomic mass is 16.6. The highest BCUT2D eigenvalue weighted by Gasteiger charge is 2.26. The van der Waals surface area contributed by atoms with Gasteiger partial charge in [-0.3, -0.25) is 9.59 Å². The molecule has 0 unspecified atom stereocenters. The van der Waals surface area contributed by atoms with Crippen molar-refractivity contribution in [1.82, 2.24) is 10.6 Å². The van der Waals surface area contributed by atoms with Crippen LogP contribution in [0.1, 0.15) is 20.8 Å². The van der Waals surface area contributed by atoms with E-state index in [1.807, 2.05) is 0 Å². The molecular formula is C13H18N2O6. The van der Waals surface area contributed by atoms with Gasteiger partial charge in [0.1, 0.15) is 18.2 Å². The van der Waals surface area contributed by atoms with E-state index in [9.17, 15) is 19.2 Å². The van der Waals surface area contributed by atoms with Crippen LogP contribution in [0.4, 0.5) is 0 Å². The fourth-order valence-corrected chi connectivity index (χ4v) is 1.40. The second kappa shape index (κ2) is 6.87. The zero-order chi connectivity index (χ0) is 16.0. The van der Waals surface area contributed by atoms with E-state index in [4.69, 9.17) is 9.47 Å². The third kappa shape index (κ3) is 6.55. The van der Waals surface area contributed by atoms with Gasteiger partial charge in [0.2, 0.25) is 11.8 Å². The number of carbonyl (C=O) groups is 4. The Morgan fingerprint density at radius 3 is 2.48 bits per heavy atom. The van der Waals surface area contributed by atoms with E-state index in [-0.39, 0.29) is 19.1 Å². The number of piperazine rings is 1. The van der Waals surface area contributed by atoms with Crippen LogP contribution in [0.25, 0.3) is 0 Å². The van der Waals surface area contributed by atoms with Gasteiger partial charge in [0, 0.05) is 12.2 Å². The van der Waals surface area contributed by atoms with Gasteiger partial charge in [0.05, 0.1) is 6.54 Å². The Kier molecular flexibility index (Phi) is 5.45. The summed E-state index contributed by atoms with van der Waals surface area (Å²) in [5, 5.41) is 4.72. The lowest BCUT2D eigenvalue weighted by Crippen LogP contribution is -2.58. The number of ether oxygens (including phenoxy) is 2. The van der Waals surface area contributed by atoms with Gasteiger partial charge in [-0.2, -0.15) is 0 Å². The number of hydrogen-bond acceptors (Lipinski definition) is 6. The molecule has 1 atom stereocenters. The molecule has 21 heavy (non-hydrogen) atoms. The molecule has 2 amide bonds. The first-order valence-electron chi connectivity index (χ1n) is 6.32. The van der Waals surface area contributed by atoms with Crippen molar-refractivity contribution in [3.63, 3.8) is 0 Å². The van der Waals surface area contributed by atoms with Crippen LogP contribution >= 0.6 is 0 Å². The van der Waals surface area contributed by atoms with Gasteiger partial charge in [-0.1, -0.05) is 0 Å². The molecule has 1 aliphatic heterocycles. The number of esters is 2. The number of nitrogens with one attached hydrogen (secondary N) is 2. The quantitative estimate of drug-likeness (QED) is 0.511. The molecule has 2 N–H and O–H groups in total. The number of hydrogen-bond donors (Lipinski definition) is 2. The molecule has 0 aromatic rings. The zero-order valence-electron chi connectivity index (χ0n) is 12.1. The lowest BCUT2D eigenvalue weighted by atomic mass is 10.2. The Morgan fingerprint density at radius 2 is 1.86 bits per heavy atom. The van der Waals surface area contributed by atoms with E-state index in [2.05, 4.69) is 10.6 Å². The highest BCUT2D eigenvalue weighted by Crippen LogP contribution is 2.07. The van der Waals surface area contributed by atoms with E-state index < -0.39 is 29.5 Å². The molecule has 116 valence electrons. The maximum atomic E-state index is 11.4. The van der Waals surface area contributed by atoms with Crippen molar-refractivity contribution in [2.24, 2.45) is 0 Å². The maximum absolute atomic E-state index is 11.4. The summed E-state index contributed by atoms with van der Waals surface area (Å²) in [7, 11) is 0. The van der Waals surface area contributed by atoms with Crippen molar-refractivity contribution in [2.75, 3.05) is 13.2 Å². The first kappa shape index (κ1) is 16.7. The van der Waals surface area contributed by atoms with Crippen molar-refractivity contribution in [3.05, 3.63) is 12.2 Å². The van der Waals surface area contributed by atoms with Gasteiger partial charge in [-0.25, -0.2) is 9.59 Å². The van der Waals surface area contributed by atoms with Crippen molar-refractivity contribution < 1.29 is 28.7 Å². The summed E-state index contributed by atoms with van der Waals surface area (Å²) >= 11 is 0. The van der Waals surface area contributed by atoms with Crippen molar-refractivity contribution in [2.45, 2.75) is 32.4 Å². The molecule has 1 aliphatic rings. The van der Waals surface area contributed by atoms with Crippen LogP contribution in [0.2, 0.25) is 0 Å². The van der Waals surface area contributed by atoms with E-state index in [1.165, 1.54) is 0 Å². The summed E-state index contributed by atoms with van der Waals surface area (Å²) < 4.78 is 9.73. The van der Waals surface area contributed by atoms with E-state index >= 15 is 0 Å². The van der Waals surface area contributed by atoms with Crippen LogP contribution in [0, 0.1) is 0 Å². The molecule has 8 heteroatoms. The molecule has 0 aromatic heterocycles. The summed E-state index contributed by atoms with van der Waals surface area (Å²) in [6.45, 7) is 4.68. The molecule has 0 spiro atoms. The summed E-state index contributed by atoms with van der Waals surface area (Å²) in [5.41, 5.74) is -0.657. The molecule has 0 bridgehead atoms. The second-order valence-electron chi connectivity index (χ2n) is 5.33. The fourth-order valence-electron chi connectivity index (χ4n) is 1.40. The monoisotopic (exact) mass is 298 g/mol. The predicted octanol–water partition coefficient (Wildman–Crippen LogP) is -0.958. The Bertz CT molecular complexity index is 478. The molecule has 0 aromatic carbocycles. The van der Waals surface area contributed by atoms with Gasteiger partial charge in [0.15, 0.2) is 0 Å². The summed E-state index contributed by atoms with van der Waals surface area (Å²) in [6.07, 6.45) is 1.84. The van der Waals surface area contributed by atoms with Crippen LogP contribution in [-0.2, 0) is 28.7 Å². The zero-order valence-corrected chi connectivity index (χ0v) is 12.1. The van der Waals surface area contributed by atoms with Crippen molar-refractivity contribution >= 4 is 23.8 Å². The Labute approximate surface area is 121 Å². The Morgan fingerprint density at radius 1 is 1.24 bits per heavy atom. The molecule has 1 saturated heterocycles. The summed E-state index contributed by atoms with van der Waals surface area (Å²) in [6, 6.07) is -0.926. The minimum absolute atomic E-state index is 0.0954. The number of carbonyl (C=O) groups excluding carboxylic acids is 4. The third-order valence-corrected chi connectivity index (χ3v) is 2.23. The largest absolute Gasteiger partial charge is 0.460 e. The lowest BCUT2D eigenvalue weighted by Gasteiger charge is -2.22. The Hall–Kier alpha value is -2.38. The first-order valence-corrected chi connectivity index (χ1v) is 6.32. The number of amides is 2. The van der Waals surface area contributed by atoms with Crippen LogP contribution in [0.3, 0.4) is 0 Å². The maximum Gasteiger partial charge on any atom is 0.331 e. The molecule has 0 aliphatic carbocycles.